The minimum absolute atomic E-state index is 0.114. The van der Waals surface area contributed by atoms with Gasteiger partial charge in [0.15, 0.2) is 0 Å². The van der Waals surface area contributed by atoms with Gasteiger partial charge in [-0.1, -0.05) is 25.5 Å². The van der Waals surface area contributed by atoms with Gasteiger partial charge in [-0.25, -0.2) is 4.68 Å². The molecule has 1 heterocycles. The van der Waals surface area contributed by atoms with Crippen molar-refractivity contribution in [1.82, 2.24) is 9.78 Å². The lowest BCUT2D eigenvalue weighted by atomic mass is 10.1. The Balaban J connectivity index is 2.55. The summed E-state index contributed by atoms with van der Waals surface area (Å²) in [6, 6.07) is 9.36. The standard InChI is InChI=1S/C16H19ClN2O2/c1-3-4-9-19-16(20)12(11-17)10-14(18-19)13-7-5-6-8-15(13)21-2/h5-8,10H,3-4,9,11H2,1-2H3. The largest absolute Gasteiger partial charge is 0.496 e. The zero-order chi connectivity index (χ0) is 15.2. The molecule has 2 aromatic rings. The molecule has 0 spiro atoms. The number of unbranched alkanes of at least 4 members (excludes halogenated alkanes) is 1. The van der Waals surface area contributed by atoms with Gasteiger partial charge in [-0.3, -0.25) is 4.79 Å². The van der Waals surface area contributed by atoms with E-state index in [-0.39, 0.29) is 11.4 Å². The summed E-state index contributed by atoms with van der Waals surface area (Å²) in [6.45, 7) is 2.68. The number of nitrogens with zero attached hydrogens (tertiary/aromatic N) is 2. The molecular weight excluding hydrogens is 288 g/mol. The molecule has 0 saturated carbocycles. The second-order valence-electron chi connectivity index (χ2n) is 4.77. The molecule has 0 aliphatic carbocycles. The number of halogens is 1. The zero-order valence-electron chi connectivity index (χ0n) is 12.3. The van der Waals surface area contributed by atoms with E-state index >= 15 is 0 Å². The van der Waals surface area contributed by atoms with Crippen LogP contribution < -0.4 is 10.3 Å². The first-order valence-corrected chi connectivity index (χ1v) is 7.55. The van der Waals surface area contributed by atoms with Gasteiger partial charge in [-0.05, 0) is 24.6 Å². The first-order valence-electron chi connectivity index (χ1n) is 7.01. The highest BCUT2D eigenvalue weighted by molar-refractivity contribution is 6.17. The van der Waals surface area contributed by atoms with Crippen LogP contribution in [0.2, 0.25) is 0 Å². The van der Waals surface area contributed by atoms with Crippen LogP contribution in [0.25, 0.3) is 11.3 Å². The first-order chi connectivity index (χ1) is 10.2. The Labute approximate surface area is 129 Å². The van der Waals surface area contributed by atoms with Crippen LogP contribution >= 0.6 is 11.6 Å². The molecular formula is C16H19ClN2O2. The maximum Gasteiger partial charge on any atom is 0.271 e. The van der Waals surface area contributed by atoms with Crippen molar-refractivity contribution < 1.29 is 4.74 Å². The molecule has 2 rings (SSSR count). The molecule has 0 aliphatic heterocycles. The van der Waals surface area contributed by atoms with E-state index in [0.29, 0.717) is 17.8 Å². The first kappa shape index (κ1) is 15.6. The lowest BCUT2D eigenvalue weighted by molar-refractivity contribution is 0.416. The van der Waals surface area contributed by atoms with Crippen LogP contribution in [0.1, 0.15) is 25.3 Å². The maximum atomic E-state index is 12.2. The molecule has 0 saturated heterocycles. The molecule has 4 nitrogen and oxygen atoms in total. The van der Waals surface area contributed by atoms with E-state index in [1.165, 1.54) is 4.68 Å². The summed E-state index contributed by atoms with van der Waals surface area (Å²) in [4.78, 5) is 12.2. The van der Waals surface area contributed by atoms with E-state index in [2.05, 4.69) is 12.0 Å². The van der Waals surface area contributed by atoms with Crippen molar-refractivity contribution in [3.8, 4) is 17.0 Å². The number of hydrogen-bond donors (Lipinski definition) is 0. The van der Waals surface area contributed by atoms with Crippen LogP contribution in [0.15, 0.2) is 35.1 Å². The molecule has 1 aromatic heterocycles. The lowest BCUT2D eigenvalue weighted by Crippen LogP contribution is -2.26. The highest BCUT2D eigenvalue weighted by Gasteiger charge is 2.12. The smallest absolute Gasteiger partial charge is 0.271 e. The van der Waals surface area contributed by atoms with Gasteiger partial charge in [0.05, 0.1) is 18.7 Å². The Morgan fingerprint density at radius 3 is 2.76 bits per heavy atom. The fraction of sp³-hybridized carbons (Fsp3) is 0.375. The molecule has 0 N–H and O–H groups in total. The molecule has 0 aliphatic rings. The van der Waals surface area contributed by atoms with Gasteiger partial charge >= 0.3 is 0 Å². The molecule has 1 aromatic carbocycles. The molecule has 0 atom stereocenters. The van der Waals surface area contributed by atoms with Crippen LogP contribution in [-0.2, 0) is 12.4 Å². The normalized spacial score (nSPS) is 10.6. The summed E-state index contributed by atoms with van der Waals surface area (Å²) in [7, 11) is 1.62. The van der Waals surface area contributed by atoms with Crippen LogP contribution in [-0.4, -0.2) is 16.9 Å². The van der Waals surface area contributed by atoms with Gasteiger partial charge in [0.25, 0.3) is 5.56 Å². The quantitative estimate of drug-likeness (QED) is 0.768. The Kier molecular flexibility index (Phi) is 5.39. The van der Waals surface area contributed by atoms with E-state index in [4.69, 9.17) is 16.3 Å². The topological polar surface area (TPSA) is 44.1 Å². The lowest BCUT2D eigenvalue weighted by Gasteiger charge is -2.11. The number of ether oxygens (including phenoxy) is 1. The number of alkyl halides is 1. The molecule has 112 valence electrons. The summed E-state index contributed by atoms with van der Waals surface area (Å²) >= 11 is 5.90. The van der Waals surface area contributed by atoms with Crippen molar-refractivity contribution in [1.29, 1.82) is 0 Å². The second-order valence-corrected chi connectivity index (χ2v) is 5.04. The van der Waals surface area contributed by atoms with Crippen molar-refractivity contribution >= 4 is 11.6 Å². The third-order valence-corrected chi connectivity index (χ3v) is 3.59. The van der Waals surface area contributed by atoms with Gasteiger partial charge in [-0.15, -0.1) is 11.6 Å². The van der Waals surface area contributed by atoms with Crippen LogP contribution in [0.5, 0.6) is 5.75 Å². The van der Waals surface area contributed by atoms with Crippen LogP contribution in [0.3, 0.4) is 0 Å². The molecule has 5 heteroatoms. The van der Waals surface area contributed by atoms with E-state index in [1.54, 1.807) is 13.2 Å². The fourth-order valence-corrected chi connectivity index (χ4v) is 2.33. The van der Waals surface area contributed by atoms with E-state index < -0.39 is 0 Å². The highest BCUT2D eigenvalue weighted by atomic mass is 35.5. The summed E-state index contributed by atoms with van der Waals surface area (Å²) < 4.78 is 6.87. The number of aryl methyl sites for hydroxylation is 1. The Morgan fingerprint density at radius 2 is 2.10 bits per heavy atom. The van der Waals surface area contributed by atoms with E-state index in [9.17, 15) is 4.79 Å². The monoisotopic (exact) mass is 306 g/mol. The maximum absolute atomic E-state index is 12.2. The fourth-order valence-electron chi connectivity index (χ4n) is 2.14. The Hall–Kier alpha value is -1.81. The summed E-state index contributed by atoms with van der Waals surface area (Å²) in [5.74, 6) is 0.904. The minimum atomic E-state index is -0.114. The van der Waals surface area contributed by atoms with Crippen molar-refractivity contribution in [3.05, 3.63) is 46.2 Å². The van der Waals surface area contributed by atoms with Gasteiger partial charge in [0, 0.05) is 17.7 Å². The van der Waals surface area contributed by atoms with Crippen molar-refractivity contribution in [2.45, 2.75) is 32.2 Å². The van der Waals surface area contributed by atoms with E-state index in [0.717, 1.165) is 24.2 Å². The number of methoxy groups -OCH3 is 1. The van der Waals surface area contributed by atoms with Crippen LogP contribution in [0.4, 0.5) is 0 Å². The summed E-state index contributed by atoms with van der Waals surface area (Å²) in [5.41, 5.74) is 2.01. The molecule has 0 amide bonds. The van der Waals surface area contributed by atoms with Crippen LogP contribution in [0, 0.1) is 0 Å². The van der Waals surface area contributed by atoms with Crippen molar-refractivity contribution in [3.63, 3.8) is 0 Å². The van der Waals surface area contributed by atoms with Gasteiger partial charge in [0.2, 0.25) is 0 Å². The highest BCUT2D eigenvalue weighted by Crippen LogP contribution is 2.27. The molecule has 0 bridgehead atoms. The number of benzene rings is 1. The Bertz CT molecular complexity index is 668. The average Bonchev–Trinajstić information content (AvgIpc) is 2.53. The third-order valence-electron chi connectivity index (χ3n) is 3.30. The zero-order valence-corrected chi connectivity index (χ0v) is 13.1. The van der Waals surface area contributed by atoms with E-state index in [1.807, 2.05) is 24.3 Å². The van der Waals surface area contributed by atoms with Gasteiger partial charge in [-0.2, -0.15) is 5.10 Å². The number of aromatic nitrogens is 2. The number of hydrogen-bond acceptors (Lipinski definition) is 3. The third kappa shape index (κ3) is 3.45. The predicted molar refractivity (Wildman–Crippen MR) is 85.0 cm³/mol. The predicted octanol–water partition coefficient (Wildman–Crippen LogP) is 3.46. The molecule has 0 unspecified atom stereocenters. The van der Waals surface area contributed by atoms with Crippen molar-refractivity contribution in [2.75, 3.05) is 7.11 Å². The average molecular weight is 307 g/mol. The SMILES string of the molecule is CCCCn1nc(-c2ccccc2OC)cc(CCl)c1=O. The molecule has 21 heavy (non-hydrogen) atoms. The molecule has 0 radical (unpaired) electrons. The van der Waals surface area contributed by atoms with Gasteiger partial charge in [0.1, 0.15) is 5.75 Å². The number of para-hydroxylation sites is 1. The number of rotatable bonds is 6. The van der Waals surface area contributed by atoms with Crippen molar-refractivity contribution in [2.24, 2.45) is 0 Å². The van der Waals surface area contributed by atoms with Gasteiger partial charge < -0.3 is 4.74 Å². The second kappa shape index (κ2) is 7.27. The minimum Gasteiger partial charge on any atom is -0.496 e. The summed E-state index contributed by atoms with van der Waals surface area (Å²) in [6.07, 6.45) is 1.91. The Morgan fingerprint density at radius 1 is 1.33 bits per heavy atom. The summed E-state index contributed by atoms with van der Waals surface area (Å²) in [5, 5.41) is 4.46. The molecule has 0 fully saturated rings.